The molecule has 2 heteroatoms. The Hall–Kier alpha value is -6.90. The minimum absolute atomic E-state index is 0.0790. The van der Waals surface area contributed by atoms with Gasteiger partial charge in [-0.1, -0.05) is 141 Å². The molecule has 59 heavy (non-hydrogen) atoms. The second kappa shape index (κ2) is 14.5. The zero-order valence-electron chi connectivity index (χ0n) is 34.1. The number of allylic oxidation sites excluding steroid dienone is 7. The van der Waals surface area contributed by atoms with E-state index in [1.165, 1.54) is 55.7 Å². The van der Waals surface area contributed by atoms with Gasteiger partial charge in [0.1, 0.15) is 0 Å². The molecular weight excluding hydrogens is 713 g/mol. The molecule has 3 aliphatic carbocycles. The van der Waals surface area contributed by atoms with Crippen molar-refractivity contribution in [3.63, 3.8) is 0 Å². The third kappa shape index (κ3) is 5.77. The van der Waals surface area contributed by atoms with Crippen molar-refractivity contribution in [1.82, 2.24) is 0 Å². The van der Waals surface area contributed by atoms with Gasteiger partial charge < -0.3 is 9.80 Å². The fraction of sp³-hybridized carbons (Fsp3) is 0.123. The second-order valence-electron chi connectivity index (χ2n) is 16.5. The van der Waals surface area contributed by atoms with Gasteiger partial charge in [-0.3, -0.25) is 0 Å². The van der Waals surface area contributed by atoms with Crippen LogP contribution < -0.4 is 9.80 Å². The van der Waals surface area contributed by atoms with Crippen LogP contribution in [0.15, 0.2) is 218 Å². The molecular formula is C57H48N2. The quantitative estimate of drug-likeness (QED) is 0.145. The van der Waals surface area contributed by atoms with Crippen molar-refractivity contribution in [3.8, 4) is 0 Å². The average molecular weight is 761 g/mol. The van der Waals surface area contributed by atoms with Gasteiger partial charge in [0.15, 0.2) is 0 Å². The SMILES string of the molecule is C=CC1=C(C)C(C)(C)c2cc3c(cc21)C(c1ccc(N(c2ccccc2)c2ccccc2)cc1)(c1ccc(N(c2ccccc2)c2ccccc2)cc1)C1=C3CCC=C1. The lowest BCUT2D eigenvalue weighted by molar-refractivity contribution is 0.638. The van der Waals surface area contributed by atoms with Crippen LogP contribution in [0.2, 0.25) is 0 Å². The van der Waals surface area contributed by atoms with Crippen LogP contribution in [-0.4, -0.2) is 0 Å². The molecule has 0 unspecified atom stereocenters. The van der Waals surface area contributed by atoms with E-state index in [9.17, 15) is 0 Å². The summed E-state index contributed by atoms with van der Waals surface area (Å²) in [4.78, 5) is 4.69. The number of para-hydroxylation sites is 4. The Morgan fingerprint density at radius 1 is 0.508 bits per heavy atom. The molecule has 0 spiro atoms. The normalized spacial score (nSPS) is 15.7. The first-order valence-corrected chi connectivity index (χ1v) is 20.9. The van der Waals surface area contributed by atoms with E-state index in [-0.39, 0.29) is 5.41 Å². The smallest absolute Gasteiger partial charge is 0.0710 e. The van der Waals surface area contributed by atoms with Crippen molar-refractivity contribution >= 4 is 45.3 Å². The van der Waals surface area contributed by atoms with Gasteiger partial charge in [0.25, 0.3) is 0 Å². The van der Waals surface area contributed by atoms with E-state index in [1.807, 2.05) is 0 Å². The van der Waals surface area contributed by atoms with Crippen LogP contribution in [0.25, 0.3) is 11.1 Å². The van der Waals surface area contributed by atoms with Crippen molar-refractivity contribution < 1.29 is 0 Å². The van der Waals surface area contributed by atoms with Crippen LogP contribution in [0.4, 0.5) is 34.1 Å². The molecule has 10 rings (SSSR count). The van der Waals surface area contributed by atoms with Gasteiger partial charge in [0.05, 0.1) is 5.41 Å². The van der Waals surface area contributed by atoms with Crippen molar-refractivity contribution in [3.05, 3.63) is 251 Å². The number of hydrogen-bond acceptors (Lipinski definition) is 2. The highest BCUT2D eigenvalue weighted by Gasteiger charge is 2.49. The van der Waals surface area contributed by atoms with Crippen LogP contribution in [-0.2, 0) is 10.8 Å². The topological polar surface area (TPSA) is 6.48 Å². The van der Waals surface area contributed by atoms with E-state index >= 15 is 0 Å². The van der Waals surface area contributed by atoms with Crippen molar-refractivity contribution in [2.75, 3.05) is 9.80 Å². The molecule has 0 aliphatic heterocycles. The summed E-state index contributed by atoms with van der Waals surface area (Å²) in [6.45, 7) is 11.4. The predicted molar refractivity (Wildman–Crippen MR) is 250 cm³/mol. The summed E-state index contributed by atoms with van der Waals surface area (Å²) >= 11 is 0. The fourth-order valence-corrected chi connectivity index (χ4v) is 10.1. The van der Waals surface area contributed by atoms with Gasteiger partial charge in [-0.05, 0) is 155 Å². The largest absolute Gasteiger partial charge is 0.311 e. The minimum Gasteiger partial charge on any atom is -0.311 e. The molecule has 0 atom stereocenters. The number of anilines is 6. The predicted octanol–water partition coefficient (Wildman–Crippen LogP) is 15.3. The Bertz CT molecular complexity index is 2570. The lowest BCUT2D eigenvalue weighted by Gasteiger charge is -2.37. The molecule has 0 radical (unpaired) electrons. The monoisotopic (exact) mass is 760 g/mol. The molecule has 0 saturated heterocycles. The number of benzene rings is 7. The summed E-state index contributed by atoms with van der Waals surface area (Å²) in [5.74, 6) is 0. The number of hydrogen-bond donors (Lipinski definition) is 0. The average Bonchev–Trinajstić information content (AvgIpc) is 3.68. The molecule has 0 fully saturated rings. The van der Waals surface area contributed by atoms with Gasteiger partial charge in [-0.25, -0.2) is 0 Å². The molecule has 0 amide bonds. The van der Waals surface area contributed by atoms with E-state index in [0.717, 1.165) is 47.0 Å². The molecule has 0 N–H and O–H groups in total. The van der Waals surface area contributed by atoms with Crippen molar-refractivity contribution in [2.24, 2.45) is 0 Å². The maximum Gasteiger partial charge on any atom is 0.0710 e. The second-order valence-corrected chi connectivity index (χ2v) is 16.5. The van der Waals surface area contributed by atoms with Gasteiger partial charge in [-0.15, -0.1) is 0 Å². The molecule has 286 valence electrons. The minimum atomic E-state index is -0.546. The van der Waals surface area contributed by atoms with Crippen molar-refractivity contribution in [2.45, 2.75) is 44.4 Å². The van der Waals surface area contributed by atoms with E-state index < -0.39 is 5.41 Å². The maximum absolute atomic E-state index is 4.34. The zero-order chi connectivity index (χ0) is 40.1. The third-order valence-electron chi connectivity index (χ3n) is 13.1. The van der Waals surface area contributed by atoms with Gasteiger partial charge >= 0.3 is 0 Å². The first-order valence-electron chi connectivity index (χ1n) is 20.9. The van der Waals surface area contributed by atoms with Gasteiger partial charge in [0.2, 0.25) is 0 Å². The molecule has 0 heterocycles. The standard InChI is InChI=1S/C57H48N2/c1-5-49-40(2)56(3,4)54-38-52-50-28-18-19-29-53(50)57(55(52)39-51(49)54,41-30-34-47(35-31-41)58(43-20-10-6-11-21-43)44-22-12-7-13-23-44)42-32-36-48(37-33-42)59(45-24-14-8-15-25-45)46-26-16-9-17-27-46/h5-17,19-27,29-39H,1,18,28H2,2-4H3. The Morgan fingerprint density at radius 3 is 1.34 bits per heavy atom. The molecule has 0 saturated carbocycles. The van der Waals surface area contributed by atoms with E-state index in [0.29, 0.717) is 0 Å². The maximum atomic E-state index is 4.34. The molecule has 7 aromatic rings. The number of nitrogens with zero attached hydrogens (tertiary/aromatic N) is 2. The first-order chi connectivity index (χ1) is 28.9. The zero-order valence-corrected chi connectivity index (χ0v) is 34.1. The lowest BCUT2D eigenvalue weighted by Crippen LogP contribution is -2.30. The Kier molecular flexibility index (Phi) is 8.95. The van der Waals surface area contributed by atoms with Gasteiger partial charge in [-0.2, -0.15) is 0 Å². The van der Waals surface area contributed by atoms with Crippen LogP contribution in [0.3, 0.4) is 0 Å². The Morgan fingerprint density at radius 2 is 0.915 bits per heavy atom. The summed E-state index contributed by atoms with van der Waals surface area (Å²) in [6.07, 6.45) is 8.95. The Balaban J connectivity index is 1.20. The molecule has 3 aliphatic rings. The summed E-state index contributed by atoms with van der Waals surface area (Å²) in [6, 6.07) is 66.6. The van der Waals surface area contributed by atoms with Crippen LogP contribution in [0, 0.1) is 0 Å². The molecule has 2 nitrogen and oxygen atoms in total. The number of fused-ring (bicyclic) bond motifs is 3. The first kappa shape index (κ1) is 36.4. The summed E-state index contributed by atoms with van der Waals surface area (Å²) in [7, 11) is 0. The molecule has 0 aromatic heterocycles. The van der Waals surface area contributed by atoms with Crippen LogP contribution in [0.5, 0.6) is 0 Å². The van der Waals surface area contributed by atoms with Crippen LogP contribution >= 0.6 is 0 Å². The summed E-state index contributed by atoms with van der Waals surface area (Å²) in [5, 5.41) is 0. The van der Waals surface area contributed by atoms with E-state index in [2.05, 4.69) is 237 Å². The van der Waals surface area contributed by atoms with E-state index in [1.54, 1.807) is 0 Å². The van der Waals surface area contributed by atoms with Crippen molar-refractivity contribution in [1.29, 1.82) is 0 Å². The summed E-state index contributed by atoms with van der Waals surface area (Å²) < 4.78 is 0. The number of rotatable bonds is 9. The highest BCUT2D eigenvalue weighted by Crippen LogP contribution is 2.60. The third-order valence-corrected chi connectivity index (χ3v) is 13.1. The highest BCUT2D eigenvalue weighted by molar-refractivity contribution is 5.94. The highest BCUT2D eigenvalue weighted by atomic mass is 15.1. The summed E-state index contributed by atoms with van der Waals surface area (Å²) in [5.41, 5.74) is 19.6. The lowest BCUT2D eigenvalue weighted by atomic mass is 9.65. The van der Waals surface area contributed by atoms with Crippen LogP contribution in [0.1, 0.15) is 67.0 Å². The van der Waals surface area contributed by atoms with Gasteiger partial charge in [0, 0.05) is 39.5 Å². The fourth-order valence-electron chi connectivity index (χ4n) is 10.1. The van der Waals surface area contributed by atoms with E-state index in [4.69, 9.17) is 0 Å². The molecule has 0 bridgehead atoms. The molecule has 7 aromatic carbocycles. The Labute approximate surface area is 349 Å².